The van der Waals surface area contributed by atoms with Gasteiger partial charge in [0.2, 0.25) is 0 Å². The van der Waals surface area contributed by atoms with Gasteiger partial charge in [-0.1, -0.05) is 222 Å². The summed E-state index contributed by atoms with van der Waals surface area (Å²) in [5.41, 5.74) is 16.8. The molecule has 2 aliphatic carbocycles. The summed E-state index contributed by atoms with van der Waals surface area (Å²) in [4.78, 5) is 5.12. The topological polar surface area (TPSA) is 6.48 Å². The molecule has 0 radical (unpaired) electrons. The molecule has 0 saturated carbocycles. The molecule has 14 aromatic rings. The highest BCUT2D eigenvalue weighted by Crippen LogP contribution is 2.56. The van der Waals surface area contributed by atoms with Crippen LogP contribution in [-0.4, -0.2) is 0 Å². The van der Waals surface area contributed by atoms with Crippen molar-refractivity contribution in [2.75, 3.05) is 9.80 Å². The molecule has 0 unspecified atom stereocenters. The molecule has 76 heavy (non-hydrogen) atoms. The van der Waals surface area contributed by atoms with Crippen LogP contribution in [0.3, 0.4) is 0 Å². The Morgan fingerprint density at radius 1 is 0.250 bits per heavy atom. The smallest absolute Gasteiger partial charge is 0.0540 e. The van der Waals surface area contributed by atoms with Gasteiger partial charge in [0.25, 0.3) is 0 Å². The van der Waals surface area contributed by atoms with Gasteiger partial charge < -0.3 is 9.80 Å². The molecule has 0 saturated heterocycles. The molecule has 0 amide bonds. The van der Waals surface area contributed by atoms with Crippen molar-refractivity contribution in [1.29, 1.82) is 0 Å². The second-order valence-electron chi connectivity index (χ2n) is 22.4. The maximum Gasteiger partial charge on any atom is 0.0540 e. The minimum atomic E-state index is -0.179. The summed E-state index contributed by atoms with van der Waals surface area (Å²) in [6.45, 7) is 9.62. The third-order valence-corrected chi connectivity index (χ3v) is 17.7. The molecule has 0 bridgehead atoms. The van der Waals surface area contributed by atoms with Crippen molar-refractivity contribution in [3.63, 3.8) is 0 Å². The predicted octanol–water partition coefficient (Wildman–Crippen LogP) is 20.7. The van der Waals surface area contributed by atoms with E-state index in [4.69, 9.17) is 0 Å². The summed E-state index contributed by atoms with van der Waals surface area (Å²) in [7, 11) is 0. The highest BCUT2D eigenvalue weighted by atomic mass is 15.2. The van der Waals surface area contributed by atoms with Crippen molar-refractivity contribution in [1.82, 2.24) is 0 Å². The quantitative estimate of drug-likeness (QED) is 0.140. The average Bonchev–Trinajstić information content (AvgIpc) is 3.86. The molecule has 0 aliphatic heterocycles. The average molecular weight is 969 g/mol. The fraction of sp³-hybridized carbons (Fsp3) is 0.0811. The Kier molecular flexibility index (Phi) is 8.89. The van der Waals surface area contributed by atoms with E-state index in [9.17, 15) is 0 Å². The summed E-state index contributed by atoms with van der Waals surface area (Å²) in [6.07, 6.45) is 0. The largest absolute Gasteiger partial charge is 0.309 e. The molecule has 0 spiro atoms. The molecular formula is C74H52N2. The summed E-state index contributed by atoms with van der Waals surface area (Å²) < 4.78 is 0. The van der Waals surface area contributed by atoms with Crippen molar-refractivity contribution in [3.05, 3.63) is 265 Å². The Bertz CT molecular complexity index is 4450. The van der Waals surface area contributed by atoms with Gasteiger partial charge in [0.1, 0.15) is 0 Å². The van der Waals surface area contributed by atoms with Gasteiger partial charge in [-0.05, 0) is 147 Å². The number of para-hydroxylation sites is 2. The highest BCUT2D eigenvalue weighted by molar-refractivity contribution is 6.29. The zero-order valence-corrected chi connectivity index (χ0v) is 43.0. The third kappa shape index (κ3) is 5.93. The Morgan fingerprint density at radius 2 is 0.605 bits per heavy atom. The van der Waals surface area contributed by atoms with Gasteiger partial charge in [-0.3, -0.25) is 0 Å². The molecule has 0 atom stereocenters. The van der Waals surface area contributed by atoms with Crippen LogP contribution in [0.2, 0.25) is 0 Å². The maximum atomic E-state index is 2.56. The minimum absolute atomic E-state index is 0.179. The van der Waals surface area contributed by atoms with E-state index in [1.165, 1.54) is 120 Å². The molecule has 0 aromatic heterocycles. The van der Waals surface area contributed by atoms with Crippen LogP contribution in [0.5, 0.6) is 0 Å². The first kappa shape index (κ1) is 43.2. The Morgan fingerprint density at radius 3 is 1.05 bits per heavy atom. The minimum Gasteiger partial charge on any atom is -0.309 e. The number of benzene rings is 14. The van der Waals surface area contributed by atoms with E-state index in [-0.39, 0.29) is 10.8 Å². The number of hydrogen-bond donors (Lipinski definition) is 0. The third-order valence-electron chi connectivity index (χ3n) is 17.7. The Labute approximate surface area is 442 Å². The van der Waals surface area contributed by atoms with Crippen LogP contribution >= 0.6 is 0 Å². The molecule has 0 N–H and O–H groups in total. The second kappa shape index (κ2) is 15.6. The summed E-state index contributed by atoms with van der Waals surface area (Å²) in [5, 5.41) is 18.1. The standard InChI is InChI=1S/C74H52N2/c1-73(2)59-25-15-21-47-29-31-51-41-53(43-61(73)71(51)69(47)59)75(63-27-13-11-23-55(63)45-17-7-5-8-18-45)65-39-35-49-34-38-58-66(40-36-50-33-37-57(65)67(49)68(50)58)76(64-28-14-12-24-56(64)46-19-9-6-10-20-46)54-42-52-32-30-48-22-16-26-60-70(48)72(52)62(44-54)74(60,3)4/h5-44H,1-4H3. The zero-order chi connectivity index (χ0) is 50.6. The maximum absolute atomic E-state index is 2.56. The molecule has 2 nitrogen and oxygen atoms in total. The van der Waals surface area contributed by atoms with E-state index in [0.29, 0.717) is 0 Å². The van der Waals surface area contributed by atoms with Crippen LogP contribution in [0, 0.1) is 0 Å². The van der Waals surface area contributed by atoms with Crippen LogP contribution in [0.1, 0.15) is 49.9 Å². The lowest BCUT2D eigenvalue weighted by Crippen LogP contribution is -2.17. The van der Waals surface area contributed by atoms with E-state index in [1.807, 2.05) is 0 Å². The van der Waals surface area contributed by atoms with Gasteiger partial charge in [0, 0.05) is 44.1 Å². The lowest BCUT2D eigenvalue weighted by molar-refractivity contribution is 0.663. The lowest BCUT2D eigenvalue weighted by atomic mass is 9.81. The number of anilines is 6. The summed E-state index contributed by atoms with van der Waals surface area (Å²) >= 11 is 0. The number of rotatable bonds is 8. The first-order valence-electron chi connectivity index (χ1n) is 26.8. The van der Waals surface area contributed by atoms with Crippen LogP contribution in [0.25, 0.3) is 97.7 Å². The predicted molar refractivity (Wildman–Crippen MR) is 325 cm³/mol. The SMILES string of the molecule is CC1(C)c2cccc3ccc4cc(N(c5ccccc5-c5ccccc5)c5ccc6ccc7c(N(c8cc9c%10c(ccc%11cccc(c%11%10)C9(C)C)c8)c8ccccc8-c8ccccc8)ccc8ccc5c6c87)cc1c4c23. The number of hydrogen-bond acceptors (Lipinski definition) is 2. The highest BCUT2D eigenvalue weighted by Gasteiger charge is 2.37. The zero-order valence-electron chi connectivity index (χ0n) is 43.0. The van der Waals surface area contributed by atoms with E-state index < -0.39 is 0 Å². The molecule has 16 rings (SSSR count). The Balaban J connectivity index is 0.968. The van der Waals surface area contributed by atoms with Gasteiger partial charge in [0.05, 0.1) is 22.7 Å². The molecule has 2 heteroatoms. The van der Waals surface area contributed by atoms with Crippen molar-refractivity contribution in [3.8, 4) is 22.3 Å². The van der Waals surface area contributed by atoms with Crippen LogP contribution in [-0.2, 0) is 10.8 Å². The van der Waals surface area contributed by atoms with E-state index >= 15 is 0 Å². The van der Waals surface area contributed by atoms with Gasteiger partial charge in [-0.2, -0.15) is 0 Å². The first-order valence-corrected chi connectivity index (χ1v) is 26.8. The van der Waals surface area contributed by atoms with Gasteiger partial charge in [0.15, 0.2) is 0 Å². The molecule has 358 valence electrons. The monoisotopic (exact) mass is 968 g/mol. The van der Waals surface area contributed by atoms with E-state index in [1.54, 1.807) is 0 Å². The van der Waals surface area contributed by atoms with Gasteiger partial charge >= 0.3 is 0 Å². The second-order valence-corrected chi connectivity index (χ2v) is 22.4. The summed E-state index contributed by atoms with van der Waals surface area (Å²) in [6, 6.07) is 91.5. The molecule has 0 heterocycles. The van der Waals surface area contributed by atoms with Crippen LogP contribution in [0.15, 0.2) is 243 Å². The van der Waals surface area contributed by atoms with Crippen LogP contribution in [0.4, 0.5) is 34.1 Å². The fourth-order valence-corrected chi connectivity index (χ4v) is 14.1. The molecule has 14 aromatic carbocycles. The van der Waals surface area contributed by atoms with Crippen molar-refractivity contribution < 1.29 is 0 Å². The van der Waals surface area contributed by atoms with Crippen molar-refractivity contribution in [2.45, 2.75) is 38.5 Å². The fourth-order valence-electron chi connectivity index (χ4n) is 14.1. The molecule has 2 aliphatic rings. The van der Waals surface area contributed by atoms with E-state index in [0.717, 1.165) is 34.1 Å². The van der Waals surface area contributed by atoms with E-state index in [2.05, 4.69) is 280 Å². The van der Waals surface area contributed by atoms with Crippen molar-refractivity contribution >= 4 is 110 Å². The molecular weight excluding hydrogens is 917 g/mol. The first-order chi connectivity index (χ1) is 37.2. The number of nitrogens with zero attached hydrogens (tertiary/aromatic N) is 2. The van der Waals surface area contributed by atoms with Gasteiger partial charge in [-0.15, -0.1) is 0 Å². The lowest BCUT2D eigenvalue weighted by Gasteiger charge is -2.32. The van der Waals surface area contributed by atoms with Gasteiger partial charge in [-0.25, -0.2) is 0 Å². The molecule has 0 fully saturated rings. The van der Waals surface area contributed by atoms with Crippen molar-refractivity contribution in [2.24, 2.45) is 0 Å². The summed E-state index contributed by atoms with van der Waals surface area (Å²) in [5.74, 6) is 0. The normalized spacial score (nSPS) is 14.0. The van der Waals surface area contributed by atoms with Crippen LogP contribution < -0.4 is 9.80 Å². The Hall–Kier alpha value is -9.24.